The van der Waals surface area contributed by atoms with Crippen LogP contribution in [0.3, 0.4) is 0 Å². The third-order valence-electron chi connectivity index (χ3n) is 2.94. The molecule has 0 radical (unpaired) electrons. The van der Waals surface area contributed by atoms with Crippen molar-refractivity contribution in [2.45, 2.75) is 31.7 Å². The Balaban J connectivity index is 2.36. The Hall–Kier alpha value is -2.09. The number of aromatic nitrogens is 2. The number of nitrogens with zero attached hydrogens (tertiary/aromatic N) is 2. The lowest BCUT2D eigenvalue weighted by atomic mass is 10.2. The molecule has 114 valence electrons. The lowest BCUT2D eigenvalue weighted by molar-refractivity contribution is 0.595. The van der Waals surface area contributed by atoms with Gasteiger partial charge in [-0.15, -0.1) is 0 Å². The molecule has 1 heterocycles. The molecule has 0 saturated heterocycles. The smallest absolute Gasteiger partial charge is 0.267 e. The molecule has 0 atom stereocenters. The van der Waals surface area contributed by atoms with Crippen molar-refractivity contribution in [3.05, 3.63) is 35.8 Å². The van der Waals surface area contributed by atoms with Gasteiger partial charge in [-0.25, -0.2) is 12.8 Å². The van der Waals surface area contributed by atoms with Crippen molar-refractivity contribution >= 4 is 21.5 Å². The number of nitrogens with one attached hydrogen (secondary N) is 1. The molecule has 8 heteroatoms. The number of anilines is 2. The molecule has 1 aromatic carbocycles. The fourth-order valence-corrected chi connectivity index (χ4v) is 3.07. The lowest BCUT2D eigenvalue weighted by Gasteiger charge is -2.09. The molecule has 0 amide bonds. The Morgan fingerprint density at radius 2 is 2.14 bits per heavy atom. The van der Waals surface area contributed by atoms with E-state index in [1.54, 1.807) is 6.92 Å². The van der Waals surface area contributed by atoms with E-state index in [-0.39, 0.29) is 16.4 Å². The van der Waals surface area contributed by atoms with Gasteiger partial charge in [0.15, 0.2) is 5.82 Å². The lowest BCUT2D eigenvalue weighted by Crippen LogP contribution is -2.14. The van der Waals surface area contributed by atoms with Gasteiger partial charge < -0.3 is 5.73 Å². The van der Waals surface area contributed by atoms with Gasteiger partial charge in [0.25, 0.3) is 10.0 Å². The SMILES string of the molecule is CCCn1cc(S(=O)(=O)Nc2cc(F)ccc2C)c(N)n1. The molecule has 0 unspecified atom stereocenters. The summed E-state index contributed by atoms with van der Waals surface area (Å²) in [6, 6.07) is 3.89. The van der Waals surface area contributed by atoms with E-state index in [0.29, 0.717) is 12.1 Å². The third kappa shape index (κ3) is 3.33. The van der Waals surface area contributed by atoms with Crippen molar-refractivity contribution < 1.29 is 12.8 Å². The summed E-state index contributed by atoms with van der Waals surface area (Å²) in [5.74, 6) is -0.599. The number of benzene rings is 1. The Morgan fingerprint density at radius 1 is 1.43 bits per heavy atom. The van der Waals surface area contributed by atoms with E-state index in [2.05, 4.69) is 9.82 Å². The highest BCUT2D eigenvalue weighted by molar-refractivity contribution is 7.92. The molecule has 2 rings (SSSR count). The van der Waals surface area contributed by atoms with Crippen LogP contribution in [0.25, 0.3) is 0 Å². The van der Waals surface area contributed by atoms with Gasteiger partial charge >= 0.3 is 0 Å². The summed E-state index contributed by atoms with van der Waals surface area (Å²) in [4.78, 5) is -0.111. The van der Waals surface area contributed by atoms with Gasteiger partial charge in [0, 0.05) is 12.7 Å². The quantitative estimate of drug-likeness (QED) is 0.885. The molecule has 0 aliphatic rings. The van der Waals surface area contributed by atoms with Crippen molar-refractivity contribution in [3.63, 3.8) is 0 Å². The summed E-state index contributed by atoms with van der Waals surface area (Å²) in [6.07, 6.45) is 2.17. The molecule has 1 aromatic heterocycles. The first-order valence-corrected chi connectivity index (χ1v) is 7.93. The first-order valence-electron chi connectivity index (χ1n) is 6.45. The summed E-state index contributed by atoms with van der Waals surface area (Å²) in [5, 5.41) is 3.95. The summed E-state index contributed by atoms with van der Waals surface area (Å²) >= 11 is 0. The van der Waals surface area contributed by atoms with Gasteiger partial charge in [-0.3, -0.25) is 9.40 Å². The molecule has 6 nitrogen and oxygen atoms in total. The Labute approximate surface area is 122 Å². The topological polar surface area (TPSA) is 90.0 Å². The number of nitrogens with two attached hydrogens (primary N) is 1. The number of rotatable bonds is 5. The van der Waals surface area contributed by atoms with Crippen LogP contribution >= 0.6 is 0 Å². The highest BCUT2D eigenvalue weighted by atomic mass is 32.2. The molecule has 21 heavy (non-hydrogen) atoms. The number of hydrogen-bond acceptors (Lipinski definition) is 4. The molecule has 0 aliphatic carbocycles. The van der Waals surface area contributed by atoms with E-state index in [4.69, 9.17) is 5.73 Å². The minimum absolute atomic E-state index is 0.0787. The molecule has 0 bridgehead atoms. The largest absolute Gasteiger partial charge is 0.381 e. The van der Waals surface area contributed by atoms with Crippen LogP contribution in [0.2, 0.25) is 0 Å². The predicted molar refractivity (Wildman–Crippen MR) is 78.9 cm³/mol. The van der Waals surface area contributed by atoms with Crippen LogP contribution < -0.4 is 10.5 Å². The molecular weight excluding hydrogens is 295 g/mol. The molecule has 0 fully saturated rings. The summed E-state index contributed by atoms with van der Waals surface area (Å²) < 4.78 is 41.7. The first-order chi connectivity index (χ1) is 9.83. The highest BCUT2D eigenvalue weighted by Crippen LogP contribution is 2.23. The number of aryl methyl sites for hydroxylation is 2. The van der Waals surface area contributed by atoms with Gasteiger partial charge in [-0.05, 0) is 31.0 Å². The fraction of sp³-hybridized carbons (Fsp3) is 0.308. The summed E-state index contributed by atoms with van der Waals surface area (Å²) in [5.41, 5.74) is 6.44. The minimum Gasteiger partial charge on any atom is -0.381 e. The van der Waals surface area contributed by atoms with Crippen LogP contribution in [0.4, 0.5) is 15.9 Å². The Kier molecular flexibility index (Phi) is 4.17. The number of halogens is 1. The van der Waals surface area contributed by atoms with Crippen LogP contribution in [0.5, 0.6) is 0 Å². The predicted octanol–water partition coefficient (Wildman–Crippen LogP) is 2.12. The van der Waals surface area contributed by atoms with Gasteiger partial charge in [-0.1, -0.05) is 13.0 Å². The van der Waals surface area contributed by atoms with Gasteiger partial charge in [0.1, 0.15) is 10.7 Å². The second-order valence-electron chi connectivity index (χ2n) is 4.71. The van der Waals surface area contributed by atoms with E-state index < -0.39 is 15.8 Å². The van der Waals surface area contributed by atoms with E-state index in [1.165, 1.54) is 23.0 Å². The monoisotopic (exact) mass is 312 g/mol. The third-order valence-corrected chi connectivity index (χ3v) is 4.32. The standard InChI is InChI=1S/C13H17FN4O2S/c1-3-6-18-8-12(13(15)16-18)21(19,20)17-11-7-10(14)5-4-9(11)2/h4-5,7-8,17H,3,6H2,1-2H3,(H2,15,16). The van der Waals surface area contributed by atoms with Crippen LogP contribution in [-0.4, -0.2) is 18.2 Å². The maximum atomic E-state index is 13.2. The van der Waals surface area contributed by atoms with Crippen molar-refractivity contribution in [2.24, 2.45) is 0 Å². The van der Waals surface area contributed by atoms with Crippen molar-refractivity contribution in [2.75, 3.05) is 10.5 Å². The summed E-state index contributed by atoms with van der Waals surface area (Å²) in [6.45, 7) is 4.19. The van der Waals surface area contributed by atoms with Crippen molar-refractivity contribution in [3.8, 4) is 0 Å². The van der Waals surface area contributed by atoms with E-state index in [9.17, 15) is 12.8 Å². The van der Waals surface area contributed by atoms with Crippen LogP contribution in [0.1, 0.15) is 18.9 Å². The van der Waals surface area contributed by atoms with Gasteiger partial charge in [0.2, 0.25) is 0 Å². The van der Waals surface area contributed by atoms with E-state index >= 15 is 0 Å². The minimum atomic E-state index is -3.91. The second kappa shape index (κ2) is 5.72. The average Bonchev–Trinajstić information content (AvgIpc) is 2.76. The van der Waals surface area contributed by atoms with Gasteiger partial charge in [-0.2, -0.15) is 5.10 Å². The highest BCUT2D eigenvalue weighted by Gasteiger charge is 2.22. The molecule has 0 saturated carbocycles. The van der Waals surface area contributed by atoms with Crippen LogP contribution in [-0.2, 0) is 16.6 Å². The van der Waals surface area contributed by atoms with Crippen molar-refractivity contribution in [1.82, 2.24) is 9.78 Å². The zero-order valence-corrected chi connectivity index (χ0v) is 12.6. The molecular formula is C13H17FN4O2S. The Morgan fingerprint density at radius 3 is 2.81 bits per heavy atom. The second-order valence-corrected chi connectivity index (χ2v) is 6.36. The molecule has 2 aromatic rings. The molecule has 0 spiro atoms. The zero-order valence-electron chi connectivity index (χ0n) is 11.8. The molecule has 0 aliphatic heterocycles. The van der Waals surface area contributed by atoms with E-state index in [1.807, 2.05) is 6.92 Å². The fourth-order valence-electron chi connectivity index (χ4n) is 1.87. The number of sulfonamides is 1. The number of hydrogen-bond donors (Lipinski definition) is 2. The summed E-state index contributed by atoms with van der Waals surface area (Å²) in [7, 11) is -3.91. The van der Waals surface area contributed by atoms with Crippen LogP contribution in [0, 0.1) is 12.7 Å². The zero-order chi connectivity index (χ0) is 15.6. The normalized spacial score (nSPS) is 11.6. The van der Waals surface area contributed by atoms with E-state index in [0.717, 1.165) is 12.5 Å². The van der Waals surface area contributed by atoms with Gasteiger partial charge in [0.05, 0.1) is 5.69 Å². The van der Waals surface area contributed by atoms with Crippen molar-refractivity contribution in [1.29, 1.82) is 0 Å². The molecule has 3 N–H and O–H groups in total. The average molecular weight is 312 g/mol. The van der Waals surface area contributed by atoms with Crippen LogP contribution in [0.15, 0.2) is 29.3 Å². The number of nitrogen functional groups attached to an aromatic ring is 1. The maximum Gasteiger partial charge on any atom is 0.267 e. The first kappa shape index (κ1) is 15.3. The Bertz CT molecular complexity index is 756. The maximum absolute atomic E-state index is 13.2.